The summed E-state index contributed by atoms with van der Waals surface area (Å²) >= 11 is 0. The zero-order chi connectivity index (χ0) is 16.6. The average molecular weight is 307 g/mol. The van der Waals surface area contributed by atoms with Gasteiger partial charge in [-0.05, 0) is 36.1 Å². The summed E-state index contributed by atoms with van der Waals surface area (Å²) in [6, 6.07) is 14.7. The number of hydrogen-bond acceptors (Lipinski definition) is 3. The van der Waals surface area contributed by atoms with E-state index in [1.54, 1.807) is 6.07 Å². The number of rotatable bonds is 3. The SMILES string of the molecule is Cc1ccc(C2=C(O)C(=O)N(Cc3ccccc3)C2=O)cc1C. The van der Waals surface area contributed by atoms with Gasteiger partial charge in [-0.15, -0.1) is 0 Å². The van der Waals surface area contributed by atoms with Gasteiger partial charge in [0.25, 0.3) is 11.8 Å². The van der Waals surface area contributed by atoms with Crippen molar-refractivity contribution in [3.05, 3.63) is 76.5 Å². The summed E-state index contributed by atoms with van der Waals surface area (Å²) < 4.78 is 0. The molecule has 2 amide bonds. The molecule has 0 bridgehead atoms. The maximum atomic E-state index is 12.6. The zero-order valence-corrected chi connectivity index (χ0v) is 13.0. The van der Waals surface area contributed by atoms with Gasteiger partial charge in [0.1, 0.15) is 0 Å². The molecule has 0 unspecified atom stereocenters. The topological polar surface area (TPSA) is 57.6 Å². The van der Waals surface area contributed by atoms with E-state index in [2.05, 4.69) is 0 Å². The Morgan fingerprint density at radius 2 is 1.61 bits per heavy atom. The molecule has 116 valence electrons. The first kappa shape index (κ1) is 15.0. The Labute approximate surface area is 134 Å². The number of aryl methyl sites for hydroxylation is 2. The van der Waals surface area contributed by atoms with Crippen LogP contribution < -0.4 is 0 Å². The highest BCUT2D eigenvalue weighted by Crippen LogP contribution is 2.30. The second-order valence-electron chi connectivity index (χ2n) is 5.70. The molecule has 2 aromatic carbocycles. The van der Waals surface area contributed by atoms with Crippen LogP contribution in [0.4, 0.5) is 0 Å². The lowest BCUT2D eigenvalue weighted by Crippen LogP contribution is -2.31. The van der Waals surface area contributed by atoms with Crippen molar-refractivity contribution in [2.75, 3.05) is 0 Å². The highest BCUT2D eigenvalue weighted by Gasteiger charge is 2.39. The molecule has 0 saturated heterocycles. The molecule has 1 N–H and O–H groups in total. The van der Waals surface area contributed by atoms with E-state index in [0.717, 1.165) is 21.6 Å². The Kier molecular flexibility index (Phi) is 3.74. The predicted molar refractivity (Wildman–Crippen MR) is 87.5 cm³/mol. The summed E-state index contributed by atoms with van der Waals surface area (Å²) in [5.41, 5.74) is 3.58. The molecule has 0 aliphatic carbocycles. The van der Waals surface area contributed by atoms with Gasteiger partial charge in [0.2, 0.25) is 0 Å². The van der Waals surface area contributed by atoms with E-state index in [1.165, 1.54) is 0 Å². The van der Waals surface area contributed by atoms with E-state index in [1.807, 2.05) is 56.3 Å². The third kappa shape index (κ3) is 2.63. The van der Waals surface area contributed by atoms with Crippen molar-refractivity contribution in [3.8, 4) is 0 Å². The summed E-state index contributed by atoms with van der Waals surface area (Å²) in [5, 5.41) is 10.2. The van der Waals surface area contributed by atoms with Gasteiger partial charge in [0.15, 0.2) is 5.76 Å². The van der Waals surface area contributed by atoms with Crippen molar-refractivity contribution < 1.29 is 14.7 Å². The Morgan fingerprint density at radius 3 is 2.26 bits per heavy atom. The standard InChI is InChI=1S/C19H17NO3/c1-12-8-9-15(10-13(12)2)16-17(21)19(23)20(18(16)22)11-14-6-4-3-5-7-14/h3-10,21H,11H2,1-2H3. The van der Waals surface area contributed by atoms with Gasteiger partial charge in [0.05, 0.1) is 12.1 Å². The molecule has 0 atom stereocenters. The van der Waals surface area contributed by atoms with Crippen molar-refractivity contribution in [2.24, 2.45) is 0 Å². The number of nitrogens with zero attached hydrogens (tertiary/aromatic N) is 1. The minimum atomic E-state index is -0.646. The fraction of sp³-hybridized carbons (Fsp3) is 0.158. The first-order valence-corrected chi connectivity index (χ1v) is 7.40. The molecule has 3 rings (SSSR count). The van der Waals surface area contributed by atoms with Gasteiger partial charge in [-0.25, -0.2) is 0 Å². The minimum Gasteiger partial charge on any atom is -0.502 e. The Balaban J connectivity index is 1.94. The largest absolute Gasteiger partial charge is 0.502 e. The van der Waals surface area contributed by atoms with E-state index in [4.69, 9.17) is 0 Å². The van der Waals surface area contributed by atoms with Gasteiger partial charge >= 0.3 is 0 Å². The van der Waals surface area contributed by atoms with Crippen molar-refractivity contribution >= 4 is 17.4 Å². The van der Waals surface area contributed by atoms with Crippen LogP contribution >= 0.6 is 0 Å². The van der Waals surface area contributed by atoms with Gasteiger partial charge < -0.3 is 5.11 Å². The highest BCUT2D eigenvalue weighted by atomic mass is 16.3. The van der Waals surface area contributed by atoms with Gasteiger partial charge in [-0.2, -0.15) is 0 Å². The lowest BCUT2D eigenvalue weighted by molar-refractivity contribution is -0.138. The molecule has 0 aromatic heterocycles. The van der Waals surface area contributed by atoms with Crippen LogP contribution in [0.1, 0.15) is 22.3 Å². The van der Waals surface area contributed by atoms with Gasteiger partial charge in [-0.3, -0.25) is 14.5 Å². The van der Waals surface area contributed by atoms with Crippen LogP contribution in [-0.2, 0) is 16.1 Å². The van der Waals surface area contributed by atoms with Crippen LogP contribution in [0.15, 0.2) is 54.3 Å². The van der Waals surface area contributed by atoms with Crippen LogP contribution in [0.5, 0.6) is 0 Å². The monoisotopic (exact) mass is 307 g/mol. The Hall–Kier alpha value is -2.88. The summed E-state index contributed by atoms with van der Waals surface area (Å²) in [7, 11) is 0. The molecule has 4 nitrogen and oxygen atoms in total. The maximum absolute atomic E-state index is 12.6. The smallest absolute Gasteiger partial charge is 0.296 e. The second kappa shape index (κ2) is 5.72. The molecule has 0 saturated carbocycles. The van der Waals surface area contributed by atoms with E-state index in [9.17, 15) is 14.7 Å². The first-order valence-electron chi connectivity index (χ1n) is 7.40. The van der Waals surface area contributed by atoms with Crippen molar-refractivity contribution in [2.45, 2.75) is 20.4 Å². The van der Waals surface area contributed by atoms with Crippen LogP contribution in [0.3, 0.4) is 0 Å². The molecule has 2 aromatic rings. The van der Waals surface area contributed by atoms with Crippen LogP contribution in [0.2, 0.25) is 0 Å². The van der Waals surface area contributed by atoms with Crippen molar-refractivity contribution in [3.63, 3.8) is 0 Å². The quantitative estimate of drug-likeness (QED) is 0.886. The Bertz CT molecular complexity index is 822. The number of aliphatic hydroxyl groups is 1. The summed E-state index contributed by atoms with van der Waals surface area (Å²) in [5.74, 6) is -1.58. The van der Waals surface area contributed by atoms with E-state index >= 15 is 0 Å². The second-order valence-corrected chi connectivity index (χ2v) is 5.70. The number of imide groups is 1. The molecular weight excluding hydrogens is 290 g/mol. The molecule has 1 heterocycles. The molecule has 1 aliphatic heterocycles. The van der Waals surface area contributed by atoms with Crippen LogP contribution in [0, 0.1) is 13.8 Å². The van der Waals surface area contributed by atoms with E-state index in [0.29, 0.717) is 5.56 Å². The molecule has 0 fully saturated rings. The molecule has 1 aliphatic rings. The number of benzene rings is 2. The molecule has 4 heteroatoms. The maximum Gasteiger partial charge on any atom is 0.296 e. The van der Waals surface area contributed by atoms with Crippen molar-refractivity contribution in [1.29, 1.82) is 0 Å². The third-order valence-electron chi connectivity index (χ3n) is 4.12. The fourth-order valence-electron chi connectivity index (χ4n) is 2.63. The van der Waals surface area contributed by atoms with Crippen LogP contribution in [-0.4, -0.2) is 21.8 Å². The highest BCUT2D eigenvalue weighted by molar-refractivity contribution is 6.34. The number of amides is 2. The molecule has 0 spiro atoms. The average Bonchev–Trinajstić information content (AvgIpc) is 2.75. The van der Waals surface area contributed by atoms with Gasteiger partial charge in [0, 0.05) is 0 Å². The lowest BCUT2D eigenvalue weighted by Gasteiger charge is -2.14. The molecular formula is C19H17NO3. The summed E-state index contributed by atoms with van der Waals surface area (Å²) in [6.07, 6.45) is 0. The summed E-state index contributed by atoms with van der Waals surface area (Å²) in [6.45, 7) is 4.05. The van der Waals surface area contributed by atoms with Gasteiger partial charge in [-0.1, -0.05) is 48.5 Å². The third-order valence-corrected chi connectivity index (χ3v) is 4.12. The zero-order valence-electron chi connectivity index (χ0n) is 13.0. The number of carbonyl (C=O) groups is 2. The summed E-state index contributed by atoms with van der Waals surface area (Å²) in [4.78, 5) is 25.9. The number of hydrogen-bond donors (Lipinski definition) is 1. The first-order chi connectivity index (χ1) is 11.0. The van der Waals surface area contributed by atoms with Crippen LogP contribution in [0.25, 0.3) is 5.57 Å². The number of carbonyl (C=O) groups excluding carboxylic acids is 2. The van der Waals surface area contributed by atoms with E-state index in [-0.39, 0.29) is 12.1 Å². The Morgan fingerprint density at radius 1 is 0.913 bits per heavy atom. The normalized spacial score (nSPS) is 14.8. The molecule has 23 heavy (non-hydrogen) atoms. The lowest BCUT2D eigenvalue weighted by atomic mass is 10.00. The molecule has 0 radical (unpaired) electrons. The predicted octanol–water partition coefficient (Wildman–Crippen LogP) is 3.14. The van der Waals surface area contributed by atoms with E-state index < -0.39 is 17.6 Å². The fourth-order valence-corrected chi connectivity index (χ4v) is 2.63. The number of aliphatic hydroxyl groups excluding tert-OH is 1. The van der Waals surface area contributed by atoms with Crippen molar-refractivity contribution in [1.82, 2.24) is 4.90 Å². The minimum absolute atomic E-state index is 0.0778.